The topological polar surface area (TPSA) is 98.2 Å². The molecule has 2 atom stereocenters. The highest BCUT2D eigenvalue weighted by atomic mass is 16.1. The molecule has 0 aromatic heterocycles. The minimum Gasteiger partial charge on any atom is -0.369 e. The van der Waals surface area contributed by atoms with Crippen LogP contribution in [0.4, 0.5) is 5.69 Å². The summed E-state index contributed by atoms with van der Waals surface area (Å²) in [5.74, 6) is -0.0730. The Bertz CT molecular complexity index is 484. The van der Waals surface area contributed by atoms with Crippen LogP contribution in [0, 0.1) is 5.92 Å². The first-order valence-corrected chi connectivity index (χ1v) is 6.97. The second-order valence-electron chi connectivity index (χ2n) is 5.45. The lowest BCUT2D eigenvalue weighted by atomic mass is 10.00. The van der Waals surface area contributed by atoms with Gasteiger partial charge < -0.3 is 16.8 Å². The molecule has 2 amide bonds. The third-order valence-electron chi connectivity index (χ3n) is 3.78. The van der Waals surface area contributed by atoms with Crippen LogP contribution in [-0.4, -0.2) is 17.9 Å². The molecule has 2 rings (SSSR count). The summed E-state index contributed by atoms with van der Waals surface area (Å²) >= 11 is 0. The fourth-order valence-corrected chi connectivity index (χ4v) is 2.68. The highest BCUT2D eigenvalue weighted by molar-refractivity contribution is 5.91. The maximum atomic E-state index is 11.9. The molecule has 0 spiro atoms. The van der Waals surface area contributed by atoms with Crippen molar-refractivity contribution in [3.8, 4) is 0 Å². The highest BCUT2D eigenvalue weighted by Crippen LogP contribution is 2.27. The first kappa shape index (κ1) is 14.5. The van der Waals surface area contributed by atoms with E-state index in [1.165, 1.54) is 0 Å². The Morgan fingerprint density at radius 1 is 1.20 bits per heavy atom. The zero-order valence-electron chi connectivity index (χ0n) is 11.5. The van der Waals surface area contributed by atoms with Crippen LogP contribution in [0.25, 0.3) is 0 Å². The van der Waals surface area contributed by atoms with Crippen LogP contribution in [0.3, 0.4) is 0 Å². The van der Waals surface area contributed by atoms with Gasteiger partial charge in [-0.05, 0) is 36.5 Å². The van der Waals surface area contributed by atoms with E-state index in [-0.39, 0.29) is 24.3 Å². The van der Waals surface area contributed by atoms with Gasteiger partial charge in [0.25, 0.3) is 0 Å². The number of hydrogen-bond donors (Lipinski definition) is 3. The molecule has 20 heavy (non-hydrogen) atoms. The number of benzene rings is 1. The van der Waals surface area contributed by atoms with Crippen LogP contribution >= 0.6 is 0 Å². The van der Waals surface area contributed by atoms with E-state index in [0.717, 1.165) is 30.5 Å². The molecule has 1 aliphatic rings. The Morgan fingerprint density at radius 2 is 1.90 bits per heavy atom. The van der Waals surface area contributed by atoms with Gasteiger partial charge in [-0.2, -0.15) is 0 Å². The molecule has 1 saturated carbocycles. The molecule has 5 nitrogen and oxygen atoms in total. The summed E-state index contributed by atoms with van der Waals surface area (Å²) in [6.45, 7) is 0. The van der Waals surface area contributed by atoms with Crippen molar-refractivity contribution in [2.75, 3.05) is 5.32 Å². The molecular weight excluding hydrogens is 254 g/mol. The molecule has 5 N–H and O–H groups in total. The highest BCUT2D eigenvalue weighted by Gasteiger charge is 2.25. The van der Waals surface area contributed by atoms with Crippen molar-refractivity contribution >= 4 is 17.5 Å². The number of hydrogen-bond acceptors (Lipinski definition) is 3. The minimum atomic E-state index is -0.364. The van der Waals surface area contributed by atoms with Gasteiger partial charge >= 0.3 is 0 Å². The van der Waals surface area contributed by atoms with E-state index in [2.05, 4.69) is 5.32 Å². The molecule has 1 fully saturated rings. The Labute approximate surface area is 118 Å². The summed E-state index contributed by atoms with van der Waals surface area (Å²) in [6.07, 6.45) is 3.85. The first-order chi connectivity index (χ1) is 9.54. The summed E-state index contributed by atoms with van der Waals surface area (Å²) in [5.41, 5.74) is 12.7. The summed E-state index contributed by atoms with van der Waals surface area (Å²) in [6, 6.07) is 7.30. The van der Waals surface area contributed by atoms with Crippen molar-refractivity contribution in [3.63, 3.8) is 0 Å². The number of rotatable bonds is 5. The van der Waals surface area contributed by atoms with Crippen molar-refractivity contribution in [3.05, 3.63) is 29.8 Å². The number of primary amides is 1. The lowest BCUT2D eigenvalue weighted by Crippen LogP contribution is -2.28. The predicted molar refractivity (Wildman–Crippen MR) is 77.9 cm³/mol. The van der Waals surface area contributed by atoms with E-state index < -0.39 is 0 Å². The molecule has 0 heterocycles. The van der Waals surface area contributed by atoms with Crippen LogP contribution in [0.5, 0.6) is 0 Å². The van der Waals surface area contributed by atoms with Crippen LogP contribution in [0.15, 0.2) is 24.3 Å². The molecule has 1 aliphatic carbocycles. The van der Waals surface area contributed by atoms with Gasteiger partial charge in [-0.15, -0.1) is 0 Å². The number of nitrogens with two attached hydrogens (primary N) is 2. The van der Waals surface area contributed by atoms with Crippen LogP contribution in [0.1, 0.15) is 31.2 Å². The van der Waals surface area contributed by atoms with Gasteiger partial charge in [0.15, 0.2) is 0 Å². The molecule has 0 radical (unpaired) electrons. The van der Waals surface area contributed by atoms with E-state index in [1.54, 1.807) is 24.3 Å². The van der Waals surface area contributed by atoms with Gasteiger partial charge in [0, 0.05) is 18.2 Å². The molecule has 0 unspecified atom stereocenters. The van der Waals surface area contributed by atoms with Crippen LogP contribution in [-0.2, 0) is 16.0 Å². The molecule has 1 aromatic carbocycles. The Kier molecular flexibility index (Phi) is 4.74. The maximum absolute atomic E-state index is 11.9. The normalized spacial score (nSPS) is 21.6. The first-order valence-electron chi connectivity index (χ1n) is 6.97. The zero-order valence-corrected chi connectivity index (χ0v) is 11.5. The molecule has 0 saturated heterocycles. The number of carbonyl (C=O) groups excluding carboxylic acids is 2. The summed E-state index contributed by atoms with van der Waals surface area (Å²) in [4.78, 5) is 22.7. The number of amides is 2. The van der Waals surface area contributed by atoms with Crippen molar-refractivity contribution < 1.29 is 9.59 Å². The average Bonchev–Trinajstić information content (AvgIpc) is 2.77. The summed E-state index contributed by atoms with van der Waals surface area (Å²) in [7, 11) is 0. The van der Waals surface area contributed by atoms with Crippen molar-refractivity contribution in [1.82, 2.24) is 0 Å². The number of carbonyl (C=O) groups is 2. The molecule has 108 valence electrons. The second kappa shape index (κ2) is 6.52. The number of anilines is 1. The standard InChI is InChI=1S/C15H21N3O2/c16-13-3-1-2-11(13)9-15(20)18-12-6-4-10(5-7-12)8-14(17)19/h4-7,11,13H,1-3,8-9,16H2,(H2,17,19)(H,18,20)/t11-,13+/m0/s1. The minimum absolute atomic E-state index is 0.00463. The van der Waals surface area contributed by atoms with Gasteiger partial charge in [0.1, 0.15) is 0 Å². The maximum Gasteiger partial charge on any atom is 0.224 e. The Balaban J connectivity index is 1.86. The van der Waals surface area contributed by atoms with Crippen molar-refractivity contribution in [2.45, 2.75) is 38.1 Å². The third-order valence-corrected chi connectivity index (χ3v) is 3.78. The molecular formula is C15H21N3O2. The van der Waals surface area contributed by atoms with E-state index in [4.69, 9.17) is 11.5 Å². The quantitative estimate of drug-likeness (QED) is 0.752. The van der Waals surface area contributed by atoms with Gasteiger partial charge in [-0.1, -0.05) is 18.6 Å². The van der Waals surface area contributed by atoms with E-state index in [9.17, 15) is 9.59 Å². The van der Waals surface area contributed by atoms with Crippen molar-refractivity contribution in [1.29, 1.82) is 0 Å². The SMILES string of the molecule is NC(=O)Cc1ccc(NC(=O)C[C@@H]2CCC[C@H]2N)cc1. The van der Waals surface area contributed by atoms with Crippen LogP contribution < -0.4 is 16.8 Å². The predicted octanol–water partition coefficient (Wildman–Crippen LogP) is 1.17. The molecule has 0 bridgehead atoms. The second-order valence-corrected chi connectivity index (χ2v) is 5.45. The van der Waals surface area contributed by atoms with Gasteiger partial charge in [0.2, 0.25) is 11.8 Å². The average molecular weight is 275 g/mol. The monoisotopic (exact) mass is 275 g/mol. The molecule has 0 aliphatic heterocycles. The smallest absolute Gasteiger partial charge is 0.224 e. The fraction of sp³-hybridized carbons (Fsp3) is 0.467. The molecule has 1 aromatic rings. The zero-order chi connectivity index (χ0) is 14.5. The van der Waals surface area contributed by atoms with Crippen molar-refractivity contribution in [2.24, 2.45) is 17.4 Å². The molecule has 5 heteroatoms. The Hall–Kier alpha value is -1.88. The van der Waals surface area contributed by atoms with Gasteiger partial charge in [-0.3, -0.25) is 9.59 Å². The number of nitrogens with one attached hydrogen (secondary N) is 1. The van der Waals surface area contributed by atoms with Crippen LogP contribution in [0.2, 0.25) is 0 Å². The van der Waals surface area contributed by atoms with Gasteiger partial charge in [-0.25, -0.2) is 0 Å². The van der Waals surface area contributed by atoms with E-state index in [1.807, 2.05) is 0 Å². The summed E-state index contributed by atoms with van der Waals surface area (Å²) in [5, 5.41) is 2.86. The lowest BCUT2D eigenvalue weighted by molar-refractivity contribution is -0.118. The fourth-order valence-electron chi connectivity index (χ4n) is 2.68. The largest absolute Gasteiger partial charge is 0.369 e. The van der Waals surface area contributed by atoms with Gasteiger partial charge in [0.05, 0.1) is 6.42 Å². The summed E-state index contributed by atoms with van der Waals surface area (Å²) < 4.78 is 0. The Morgan fingerprint density at radius 3 is 2.45 bits per heavy atom. The van der Waals surface area contributed by atoms with E-state index >= 15 is 0 Å². The van der Waals surface area contributed by atoms with E-state index in [0.29, 0.717) is 12.3 Å². The lowest BCUT2D eigenvalue weighted by Gasteiger charge is -2.14. The third kappa shape index (κ3) is 4.06.